The zero-order valence-electron chi connectivity index (χ0n) is 17.4. The second-order valence-corrected chi connectivity index (χ2v) is 9.11. The maximum Gasteiger partial charge on any atom is 0.428 e. The predicted molar refractivity (Wildman–Crippen MR) is 116 cm³/mol. The van der Waals surface area contributed by atoms with Crippen molar-refractivity contribution in [1.82, 2.24) is 10.4 Å². The van der Waals surface area contributed by atoms with Crippen LogP contribution < -0.4 is 11.2 Å². The summed E-state index contributed by atoms with van der Waals surface area (Å²) >= 11 is 11.4. The number of hydroxylamine groups is 1. The van der Waals surface area contributed by atoms with Gasteiger partial charge in [0.1, 0.15) is 5.67 Å². The molecule has 2 aromatic rings. The van der Waals surface area contributed by atoms with Gasteiger partial charge in [0.05, 0.1) is 28.8 Å². The number of urea groups is 1. The number of nitrogens with two attached hydrogens (primary N) is 1. The summed E-state index contributed by atoms with van der Waals surface area (Å²) in [6.07, 6.45) is -3.57. The third-order valence-corrected chi connectivity index (χ3v) is 6.44. The Morgan fingerprint density at radius 2 is 1.74 bits per heavy atom. The van der Waals surface area contributed by atoms with Crippen LogP contribution in [0.3, 0.4) is 0 Å². The van der Waals surface area contributed by atoms with Gasteiger partial charge in [-0.15, -0.1) is 0 Å². The zero-order chi connectivity index (χ0) is 24.9. The maximum absolute atomic E-state index is 14.5. The van der Waals surface area contributed by atoms with Crippen molar-refractivity contribution in [2.24, 2.45) is 5.73 Å². The van der Waals surface area contributed by atoms with Crippen LogP contribution in [0.4, 0.5) is 26.7 Å². The topological polar surface area (TPSA) is 67.6 Å². The summed E-state index contributed by atoms with van der Waals surface area (Å²) in [7, 11) is 0. The highest BCUT2D eigenvalue weighted by Gasteiger charge is 2.60. The molecule has 0 aliphatic carbocycles. The highest BCUT2D eigenvalue weighted by atomic mass is 35.5. The number of hydrogen-bond donors (Lipinski definition) is 2. The van der Waals surface area contributed by atoms with E-state index in [4.69, 9.17) is 33.8 Å². The van der Waals surface area contributed by atoms with Gasteiger partial charge >= 0.3 is 12.2 Å². The van der Waals surface area contributed by atoms with E-state index in [9.17, 15) is 26.7 Å². The number of carbonyl (C=O) groups excluding carboxylic acids is 1. The summed E-state index contributed by atoms with van der Waals surface area (Å²) in [6, 6.07) is 7.40. The molecule has 12 heteroatoms. The minimum atomic E-state index is -4.93. The van der Waals surface area contributed by atoms with E-state index in [0.717, 1.165) is 23.8 Å². The first-order valence-corrected chi connectivity index (χ1v) is 10.8. The van der Waals surface area contributed by atoms with Crippen molar-refractivity contribution in [3.05, 3.63) is 75.0 Å². The Bertz CT molecular complexity index is 1130. The summed E-state index contributed by atoms with van der Waals surface area (Å²) in [5.41, 5.74) is 3.61. The maximum atomic E-state index is 14.5. The fourth-order valence-electron chi connectivity index (χ4n) is 3.93. The Balaban J connectivity index is 1.53. The monoisotopic (exact) mass is 521 g/mol. The second-order valence-electron chi connectivity index (χ2n) is 8.29. The fourth-order valence-corrected chi connectivity index (χ4v) is 4.41. The third-order valence-electron chi connectivity index (χ3n) is 5.89. The number of nitrogens with one attached hydrogen (secondary N) is 1. The molecule has 182 valence electrons. The van der Waals surface area contributed by atoms with E-state index in [2.05, 4.69) is 5.48 Å². The van der Waals surface area contributed by atoms with E-state index in [1.165, 1.54) is 4.90 Å². The van der Waals surface area contributed by atoms with Crippen LogP contribution in [-0.4, -0.2) is 35.9 Å². The van der Waals surface area contributed by atoms with E-state index in [0.29, 0.717) is 12.0 Å². The molecular weight excluding hydrogens is 504 g/mol. The molecule has 1 unspecified atom stereocenters. The van der Waals surface area contributed by atoms with Crippen LogP contribution in [0, 0.1) is 5.82 Å². The van der Waals surface area contributed by atoms with Crippen LogP contribution >= 0.6 is 23.2 Å². The summed E-state index contributed by atoms with van der Waals surface area (Å²) < 4.78 is 70.6. The highest BCUT2D eigenvalue weighted by Crippen LogP contribution is 2.48. The van der Waals surface area contributed by atoms with Crippen LogP contribution in [0.2, 0.25) is 10.0 Å². The average Bonchev–Trinajstić information content (AvgIpc) is 3.21. The van der Waals surface area contributed by atoms with E-state index >= 15 is 0 Å². The van der Waals surface area contributed by atoms with Gasteiger partial charge in [0.15, 0.2) is 5.82 Å². The van der Waals surface area contributed by atoms with Crippen molar-refractivity contribution in [2.45, 2.75) is 30.3 Å². The van der Waals surface area contributed by atoms with Crippen molar-refractivity contribution < 1.29 is 31.6 Å². The number of alkyl halides is 4. The number of likely N-dealkylation sites (tertiary alicyclic amines) is 1. The number of halogens is 7. The Kier molecular flexibility index (Phi) is 6.20. The van der Waals surface area contributed by atoms with Gasteiger partial charge in [0.2, 0.25) is 5.60 Å². The molecule has 0 aromatic heterocycles. The highest BCUT2D eigenvalue weighted by molar-refractivity contribution is 6.35. The molecule has 0 bridgehead atoms. The SMILES string of the molecule is NC(=O)N1CC(F)(CCc2ccc(C3=CC(c4cc(Cl)c(F)c(Cl)c4)(C(F)(F)F)ON3)cc2)C1. The van der Waals surface area contributed by atoms with Crippen molar-refractivity contribution >= 4 is 34.9 Å². The van der Waals surface area contributed by atoms with Gasteiger partial charge in [0, 0.05) is 5.56 Å². The first kappa shape index (κ1) is 24.6. The molecule has 2 aliphatic rings. The normalized spacial score (nSPS) is 21.6. The molecule has 1 saturated heterocycles. The molecule has 0 spiro atoms. The lowest BCUT2D eigenvalue weighted by Crippen LogP contribution is -2.62. The van der Waals surface area contributed by atoms with Crippen molar-refractivity contribution in [3.8, 4) is 0 Å². The molecule has 34 heavy (non-hydrogen) atoms. The first-order valence-electron chi connectivity index (χ1n) is 10.0. The Morgan fingerprint density at radius 1 is 1.15 bits per heavy atom. The molecule has 1 atom stereocenters. The molecule has 2 aromatic carbocycles. The lowest BCUT2D eigenvalue weighted by atomic mass is 9.89. The van der Waals surface area contributed by atoms with Crippen LogP contribution in [0.1, 0.15) is 23.1 Å². The minimum Gasteiger partial charge on any atom is -0.351 e. The predicted octanol–water partition coefficient (Wildman–Crippen LogP) is 5.50. The van der Waals surface area contributed by atoms with Crippen molar-refractivity contribution in [3.63, 3.8) is 0 Å². The molecule has 2 heterocycles. The summed E-state index contributed by atoms with van der Waals surface area (Å²) in [5, 5.41) is -1.14. The summed E-state index contributed by atoms with van der Waals surface area (Å²) in [5.74, 6) is -1.03. The Hall–Kier alpha value is -2.56. The molecule has 2 amide bonds. The van der Waals surface area contributed by atoms with Crippen LogP contribution in [-0.2, 0) is 16.9 Å². The lowest BCUT2D eigenvalue weighted by molar-refractivity contribution is -0.269. The number of benzene rings is 2. The minimum absolute atomic E-state index is 0.0264. The van der Waals surface area contributed by atoms with Gasteiger partial charge in [-0.25, -0.2) is 13.6 Å². The molecule has 0 radical (unpaired) electrons. The largest absolute Gasteiger partial charge is 0.428 e. The smallest absolute Gasteiger partial charge is 0.351 e. The van der Waals surface area contributed by atoms with E-state index < -0.39 is 44.9 Å². The second kappa shape index (κ2) is 8.58. The Labute approximate surface area is 201 Å². The van der Waals surface area contributed by atoms with Crippen molar-refractivity contribution in [2.75, 3.05) is 13.1 Å². The first-order chi connectivity index (χ1) is 15.8. The number of carbonyl (C=O) groups is 1. The van der Waals surface area contributed by atoms with Gasteiger partial charge < -0.3 is 10.6 Å². The number of aryl methyl sites for hydroxylation is 1. The van der Waals surface area contributed by atoms with E-state index in [1.807, 2.05) is 0 Å². The number of rotatable bonds is 5. The van der Waals surface area contributed by atoms with Gasteiger partial charge in [0.25, 0.3) is 0 Å². The van der Waals surface area contributed by atoms with Crippen LogP contribution in [0.15, 0.2) is 42.5 Å². The third kappa shape index (κ3) is 4.42. The van der Waals surface area contributed by atoms with Crippen molar-refractivity contribution in [1.29, 1.82) is 0 Å². The zero-order valence-corrected chi connectivity index (χ0v) is 18.9. The Morgan fingerprint density at radius 3 is 2.26 bits per heavy atom. The van der Waals surface area contributed by atoms with Crippen LogP contribution in [0.25, 0.3) is 5.70 Å². The molecule has 2 aliphatic heterocycles. The van der Waals surface area contributed by atoms with Crippen LogP contribution in [0.5, 0.6) is 0 Å². The number of amides is 2. The standard InChI is InChI=1S/C22H18Cl2F5N3O2/c23-15-7-14(8-16(24)18(15)25)21(22(27,28)29)9-17(31-34-21)13-3-1-12(2-4-13)5-6-20(26)10-32(11-20)19(30)33/h1-4,7-9,31H,5-6,10-11H2,(H2,30,33). The molecule has 5 nitrogen and oxygen atoms in total. The number of nitrogens with zero attached hydrogens (tertiary/aromatic N) is 1. The number of hydrogen-bond acceptors (Lipinski definition) is 3. The van der Waals surface area contributed by atoms with Gasteiger partial charge in [-0.3, -0.25) is 10.3 Å². The average molecular weight is 522 g/mol. The molecule has 1 fully saturated rings. The molecular formula is C22H18Cl2F5N3O2. The van der Waals surface area contributed by atoms with Gasteiger partial charge in [-0.2, -0.15) is 13.2 Å². The molecule has 3 N–H and O–H groups in total. The van der Waals surface area contributed by atoms with E-state index in [-0.39, 0.29) is 25.2 Å². The summed E-state index contributed by atoms with van der Waals surface area (Å²) in [4.78, 5) is 17.2. The fraction of sp³-hybridized carbons (Fsp3) is 0.318. The number of primary amides is 1. The molecule has 4 rings (SSSR count). The molecule has 0 saturated carbocycles. The van der Waals surface area contributed by atoms with Gasteiger partial charge in [-0.05, 0) is 42.2 Å². The summed E-state index contributed by atoms with van der Waals surface area (Å²) in [6.45, 7) is -0.128. The lowest BCUT2D eigenvalue weighted by Gasteiger charge is -2.43. The quantitative estimate of drug-likeness (QED) is 0.403. The van der Waals surface area contributed by atoms with Gasteiger partial charge in [-0.1, -0.05) is 47.5 Å². The van der Waals surface area contributed by atoms with E-state index in [1.54, 1.807) is 24.3 Å².